The quantitative estimate of drug-likeness (QED) is 0.854. The Morgan fingerprint density at radius 3 is 2.69 bits per heavy atom. The summed E-state index contributed by atoms with van der Waals surface area (Å²) in [7, 11) is 0. The molecule has 0 amide bonds. The van der Waals surface area contributed by atoms with Crippen molar-refractivity contribution in [3.63, 3.8) is 0 Å². The topological polar surface area (TPSA) is 50.9 Å². The second kappa shape index (κ2) is 4.45. The Morgan fingerprint density at radius 2 is 2.06 bits per heavy atom. The second-order valence-electron chi connectivity index (χ2n) is 4.03. The van der Waals surface area contributed by atoms with E-state index in [9.17, 15) is 0 Å². The Kier molecular flexibility index (Phi) is 3.01. The number of nitrogens with zero attached hydrogens (tertiary/aromatic N) is 3. The highest BCUT2D eigenvalue weighted by molar-refractivity contribution is 5.42. The Hall–Kier alpha value is -1.68. The third-order valence-corrected chi connectivity index (χ3v) is 2.51. The Labute approximate surface area is 94.5 Å². The smallest absolute Gasteiger partial charge is 0.109 e. The zero-order chi connectivity index (χ0) is 11.5. The van der Waals surface area contributed by atoms with Crippen LogP contribution in [0.15, 0.2) is 30.5 Å². The van der Waals surface area contributed by atoms with Gasteiger partial charge in [-0.3, -0.25) is 0 Å². The number of aromatic nitrogens is 3. The van der Waals surface area contributed by atoms with Crippen LogP contribution in [0, 0.1) is 0 Å². The average Bonchev–Trinajstić information content (AvgIpc) is 2.77. The van der Waals surface area contributed by atoms with Gasteiger partial charge in [-0.2, -0.15) is 0 Å². The summed E-state index contributed by atoms with van der Waals surface area (Å²) in [6.07, 6.45) is 1.75. The van der Waals surface area contributed by atoms with Gasteiger partial charge < -0.3 is 5.11 Å². The van der Waals surface area contributed by atoms with Crippen molar-refractivity contribution < 1.29 is 5.11 Å². The third-order valence-electron chi connectivity index (χ3n) is 2.51. The molecule has 84 valence electrons. The maximum absolute atomic E-state index is 8.96. The molecule has 2 rings (SSSR count). The molecule has 0 unspecified atom stereocenters. The zero-order valence-corrected chi connectivity index (χ0v) is 9.46. The summed E-state index contributed by atoms with van der Waals surface area (Å²) in [6.45, 7) is 4.20. The van der Waals surface area contributed by atoms with Crippen molar-refractivity contribution in [3.8, 4) is 5.69 Å². The van der Waals surface area contributed by atoms with Crippen molar-refractivity contribution in [2.45, 2.75) is 26.4 Å². The minimum Gasteiger partial charge on any atom is -0.390 e. The van der Waals surface area contributed by atoms with Gasteiger partial charge in [0.1, 0.15) is 5.69 Å². The van der Waals surface area contributed by atoms with Gasteiger partial charge in [0.05, 0.1) is 18.5 Å². The summed E-state index contributed by atoms with van der Waals surface area (Å²) in [5.74, 6) is 0.429. The molecule has 1 aromatic heterocycles. The minimum absolute atomic E-state index is 0.0795. The third kappa shape index (κ3) is 1.97. The largest absolute Gasteiger partial charge is 0.390 e. The number of aliphatic hydroxyl groups excluding tert-OH is 1. The van der Waals surface area contributed by atoms with E-state index >= 15 is 0 Å². The van der Waals surface area contributed by atoms with Gasteiger partial charge in [-0.1, -0.05) is 37.3 Å². The van der Waals surface area contributed by atoms with Gasteiger partial charge in [0, 0.05) is 0 Å². The van der Waals surface area contributed by atoms with Gasteiger partial charge in [-0.25, -0.2) is 4.68 Å². The van der Waals surface area contributed by atoms with Gasteiger partial charge in [0.2, 0.25) is 0 Å². The summed E-state index contributed by atoms with van der Waals surface area (Å²) >= 11 is 0. The molecule has 0 aliphatic carbocycles. The molecule has 0 aliphatic heterocycles. The summed E-state index contributed by atoms with van der Waals surface area (Å²) in [5.41, 5.74) is 2.82. The molecule has 0 fully saturated rings. The van der Waals surface area contributed by atoms with Crippen molar-refractivity contribution in [2.75, 3.05) is 0 Å². The van der Waals surface area contributed by atoms with Gasteiger partial charge in [0.25, 0.3) is 0 Å². The van der Waals surface area contributed by atoms with Gasteiger partial charge in [0.15, 0.2) is 0 Å². The SMILES string of the molecule is CC(C)c1ccccc1-n1cc(CO)nn1. The molecule has 0 saturated heterocycles. The van der Waals surface area contributed by atoms with E-state index in [2.05, 4.69) is 30.2 Å². The first-order chi connectivity index (χ1) is 7.72. The number of benzene rings is 1. The van der Waals surface area contributed by atoms with E-state index in [0.717, 1.165) is 5.69 Å². The molecule has 0 atom stereocenters. The van der Waals surface area contributed by atoms with E-state index in [1.165, 1.54) is 5.56 Å². The first kappa shape index (κ1) is 10.8. The fraction of sp³-hybridized carbons (Fsp3) is 0.333. The number of hydrogen-bond acceptors (Lipinski definition) is 3. The zero-order valence-electron chi connectivity index (χ0n) is 9.46. The van der Waals surface area contributed by atoms with Crippen LogP contribution in [-0.2, 0) is 6.61 Å². The van der Waals surface area contributed by atoms with E-state index in [0.29, 0.717) is 11.6 Å². The molecule has 0 spiro atoms. The molecule has 1 N–H and O–H groups in total. The summed E-state index contributed by atoms with van der Waals surface area (Å²) in [6, 6.07) is 8.08. The molecule has 0 bridgehead atoms. The van der Waals surface area contributed by atoms with E-state index in [1.807, 2.05) is 18.2 Å². The molecule has 4 nitrogen and oxygen atoms in total. The molecule has 0 aliphatic rings. The number of para-hydroxylation sites is 1. The standard InChI is InChI=1S/C12H15N3O/c1-9(2)11-5-3-4-6-12(11)15-7-10(8-16)13-14-15/h3-7,9,16H,8H2,1-2H3. The predicted molar refractivity (Wildman–Crippen MR) is 61.4 cm³/mol. The number of aliphatic hydroxyl groups is 1. The van der Waals surface area contributed by atoms with Gasteiger partial charge in [-0.05, 0) is 17.5 Å². The average molecular weight is 217 g/mol. The van der Waals surface area contributed by atoms with Crippen LogP contribution >= 0.6 is 0 Å². The van der Waals surface area contributed by atoms with Crippen LogP contribution in [0.25, 0.3) is 5.69 Å². The van der Waals surface area contributed by atoms with Crippen molar-refractivity contribution >= 4 is 0 Å². The second-order valence-corrected chi connectivity index (χ2v) is 4.03. The highest BCUT2D eigenvalue weighted by atomic mass is 16.3. The van der Waals surface area contributed by atoms with E-state index < -0.39 is 0 Å². The van der Waals surface area contributed by atoms with Crippen LogP contribution in [-0.4, -0.2) is 20.1 Å². The lowest BCUT2D eigenvalue weighted by Crippen LogP contribution is -2.01. The van der Waals surface area contributed by atoms with Crippen LogP contribution in [0.2, 0.25) is 0 Å². The monoisotopic (exact) mass is 217 g/mol. The molecule has 1 aromatic carbocycles. The molecule has 0 radical (unpaired) electrons. The molecule has 0 saturated carbocycles. The van der Waals surface area contributed by atoms with Gasteiger partial charge in [-0.15, -0.1) is 5.10 Å². The van der Waals surface area contributed by atoms with Crippen LogP contribution < -0.4 is 0 Å². The predicted octanol–water partition coefficient (Wildman–Crippen LogP) is 1.88. The maximum Gasteiger partial charge on any atom is 0.109 e. The normalized spacial score (nSPS) is 11.0. The summed E-state index contributed by atoms with van der Waals surface area (Å²) < 4.78 is 1.71. The van der Waals surface area contributed by atoms with Crippen molar-refractivity contribution in [1.29, 1.82) is 0 Å². The van der Waals surface area contributed by atoms with E-state index in [-0.39, 0.29) is 6.61 Å². The Bertz CT molecular complexity index is 477. The first-order valence-electron chi connectivity index (χ1n) is 5.33. The lowest BCUT2D eigenvalue weighted by molar-refractivity contribution is 0.276. The Morgan fingerprint density at radius 1 is 1.31 bits per heavy atom. The molecule has 4 heteroatoms. The highest BCUT2D eigenvalue weighted by Gasteiger charge is 2.09. The van der Waals surface area contributed by atoms with Crippen LogP contribution in [0.4, 0.5) is 0 Å². The van der Waals surface area contributed by atoms with Crippen LogP contribution in [0.1, 0.15) is 31.0 Å². The lowest BCUT2D eigenvalue weighted by atomic mass is 10.0. The van der Waals surface area contributed by atoms with E-state index in [1.54, 1.807) is 10.9 Å². The fourth-order valence-corrected chi connectivity index (χ4v) is 1.67. The van der Waals surface area contributed by atoms with Crippen molar-refractivity contribution in [3.05, 3.63) is 41.7 Å². The van der Waals surface area contributed by atoms with Crippen LogP contribution in [0.5, 0.6) is 0 Å². The van der Waals surface area contributed by atoms with Crippen molar-refractivity contribution in [1.82, 2.24) is 15.0 Å². The fourth-order valence-electron chi connectivity index (χ4n) is 1.67. The summed E-state index contributed by atoms with van der Waals surface area (Å²) in [4.78, 5) is 0. The molecule has 1 heterocycles. The first-order valence-corrected chi connectivity index (χ1v) is 5.33. The maximum atomic E-state index is 8.96. The molecular formula is C12H15N3O. The van der Waals surface area contributed by atoms with Crippen LogP contribution in [0.3, 0.4) is 0 Å². The molecule has 2 aromatic rings. The molecule has 16 heavy (non-hydrogen) atoms. The summed E-state index contributed by atoms with van der Waals surface area (Å²) in [5, 5.41) is 16.8. The Balaban J connectivity index is 2.46. The highest BCUT2D eigenvalue weighted by Crippen LogP contribution is 2.21. The lowest BCUT2D eigenvalue weighted by Gasteiger charge is -2.11. The molecular weight excluding hydrogens is 202 g/mol. The minimum atomic E-state index is -0.0795. The number of rotatable bonds is 3. The number of hydrogen-bond donors (Lipinski definition) is 1. The van der Waals surface area contributed by atoms with E-state index in [4.69, 9.17) is 5.11 Å². The van der Waals surface area contributed by atoms with Crippen molar-refractivity contribution in [2.24, 2.45) is 0 Å². The van der Waals surface area contributed by atoms with Gasteiger partial charge >= 0.3 is 0 Å².